The van der Waals surface area contributed by atoms with E-state index in [1.54, 1.807) is 6.26 Å². The van der Waals surface area contributed by atoms with Crippen LogP contribution in [0.3, 0.4) is 0 Å². The first-order valence-electron chi connectivity index (χ1n) is 5.53. The SMILES string of the molecule is CC(N)Cc1coc(C2CCCOC2)n1. The third kappa shape index (κ3) is 2.79. The van der Waals surface area contributed by atoms with Gasteiger partial charge < -0.3 is 14.9 Å². The van der Waals surface area contributed by atoms with Crippen LogP contribution in [0.15, 0.2) is 10.7 Å². The number of nitrogens with two attached hydrogens (primary N) is 1. The number of aromatic nitrogens is 1. The second-order valence-electron chi connectivity index (χ2n) is 4.27. The molecule has 0 aromatic carbocycles. The van der Waals surface area contributed by atoms with E-state index in [-0.39, 0.29) is 6.04 Å². The lowest BCUT2D eigenvalue weighted by molar-refractivity contribution is 0.0725. The maximum atomic E-state index is 5.71. The molecular formula is C11H18N2O2. The minimum Gasteiger partial charge on any atom is -0.448 e. The number of hydrogen-bond acceptors (Lipinski definition) is 4. The van der Waals surface area contributed by atoms with Gasteiger partial charge in [0.25, 0.3) is 0 Å². The molecule has 0 spiro atoms. The monoisotopic (exact) mass is 210 g/mol. The molecule has 1 aromatic heterocycles. The number of oxazole rings is 1. The zero-order valence-corrected chi connectivity index (χ0v) is 9.11. The summed E-state index contributed by atoms with van der Waals surface area (Å²) in [5.41, 5.74) is 6.66. The molecule has 4 nitrogen and oxygen atoms in total. The highest BCUT2D eigenvalue weighted by Gasteiger charge is 2.20. The molecule has 0 radical (unpaired) electrons. The van der Waals surface area contributed by atoms with Crippen molar-refractivity contribution in [2.75, 3.05) is 13.2 Å². The van der Waals surface area contributed by atoms with Gasteiger partial charge in [-0.05, 0) is 19.8 Å². The van der Waals surface area contributed by atoms with E-state index in [1.165, 1.54) is 0 Å². The van der Waals surface area contributed by atoms with Crippen molar-refractivity contribution in [3.63, 3.8) is 0 Å². The summed E-state index contributed by atoms with van der Waals surface area (Å²) in [6.45, 7) is 3.57. The fourth-order valence-corrected chi connectivity index (χ4v) is 1.87. The van der Waals surface area contributed by atoms with E-state index in [0.29, 0.717) is 5.92 Å². The Hall–Kier alpha value is -0.870. The molecule has 2 unspecified atom stereocenters. The number of nitrogens with zero attached hydrogens (tertiary/aromatic N) is 1. The minimum atomic E-state index is 0.130. The maximum absolute atomic E-state index is 5.71. The average molecular weight is 210 g/mol. The van der Waals surface area contributed by atoms with Crippen molar-refractivity contribution in [2.45, 2.75) is 38.1 Å². The molecule has 1 aromatic rings. The molecule has 4 heteroatoms. The topological polar surface area (TPSA) is 61.3 Å². The molecule has 0 aliphatic carbocycles. The highest BCUT2D eigenvalue weighted by Crippen LogP contribution is 2.24. The van der Waals surface area contributed by atoms with Gasteiger partial charge in [0.05, 0.1) is 18.2 Å². The third-order valence-electron chi connectivity index (χ3n) is 2.61. The first kappa shape index (κ1) is 10.6. The van der Waals surface area contributed by atoms with E-state index in [9.17, 15) is 0 Å². The molecular weight excluding hydrogens is 192 g/mol. The van der Waals surface area contributed by atoms with Crippen molar-refractivity contribution < 1.29 is 9.15 Å². The molecule has 1 saturated heterocycles. The van der Waals surface area contributed by atoms with E-state index < -0.39 is 0 Å². The average Bonchev–Trinajstić information content (AvgIpc) is 2.67. The van der Waals surface area contributed by atoms with Gasteiger partial charge in [-0.2, -0.15) is 0 Å². The first-order valence-corrected chi connectivity index (χ1v) is 5.53. The molecule has 1 fully saturated rings. The Morgan fingerprint density at radius 3 is 3.20 bits per heavy atom. The summed E-state index contributed by atoms with van der Waals surface area (Å²) >= 11 is 0. The Bertz CT molecular complexity index is 303. The standard InChI is InChI=1S/C11H18N2O2/c1-8(12)5-10-7-15-11(13-10)9-3-2-4-14-6-9/h7-9H,2-6,12H2,1H3. The van der Waals surface area contributed by atoms with Crippen molar-refractivity contribution in [3.8, 4) is 0 Å². The molecule has 1 aliphatic rings. The predicted molar refractivity (Wildman–Crippen MR) is 56.7 cm³/mol. The molecule has 0 bridgehead atoms. The van der Waals surface area contributed by atoms with Gasteiger partial charge in [-0.25, -0.2) is 4.98 Å². The molecule has 15 heavy (non-hydrogen) atoms. The van der Waals surface area contributed by atoms with E-state index >= 15 is 0 Å². The van der Waals surface area contributed by atoms with Gasteiger partial charge in [0.1, 0.15) is 6.26 Å². The van der Waals surface area contributed by atoms with Gasteiger partial charge in [-0.15, -0.1) is 0 Å². The van der Waals surface area contributed by atoms with Crippen molar-refractivity contribution in [3.05, 3.63) is 17.8 Å². The third-order valence-corrected chi connectivity index (χ3v) is 2.61. The van der Waals surface area contributed by atoms with E-state index in [0.717, 1.165) is 44.1 Å². The molecule has 2 atom stereocenters. The van der Waals surface area contributed by atoms with Gasteiger partial charge >= 0.3 is 0 Å². The summed E-state index contributed by atoms with van der Waals surface area (Å²) in [6.07, 6.45) is 4.69. The molecule has 84 valence electrons. The van der Waals surface area contributed by atoms with Crippen LogP contribution in [-0.2, 0) is 11.2 Å². The van der Waals surface area contributed by atoms with Crippen LogP contribution in [0.4, 0.5) is 0 Å². The largest absolute Gasteiger partial charge is 0.448 e. The Morgan fingerprint density at radius 1 is 1.67 bits per heavy atom. The summed E-state index contributed by atoms with van der Waals surface area (Å²) in [5, 5.41) is 0. The van der Waals surface area contributed by atoms with E-state index in [2.05, 4.69) is 4.98 Å². The smallest absolute Gasteiger partial charge is 0.199 e. The summed E-state index contributed by atoms with van der Waals surface area (Å²) < 4.78 is 10.9. The van der Waals surface area contributed by atoms with Crippen LogP contribution >= 0.6 is 0 Å². The van der Waals surface area contributed by atoms with Gasteiger partial charge in [0.2, 0.25) is 0 Å². The highest BCUT2D eigenvalue weighted by molar-refractivity contribution is 5.02. The predicted octanol–water partition coefficient (Wildman–Crippen LogP) is 1.46. The molecule has 2 N–H and O–H groups in total. The molecule has 1 aliphatic heterocycles. The maximum Gasteiger partial charge on any atom is 0.199 e. The summed E-state index contributed by atoms with van der Waals surface area (Å²) in [4.78, 5) is 4.45. The van der Waals surface area contributed by atoms with Crippen LogP contribution in [0, 0.1) is 0 Å². The van der Waals surface area contributed by atoms with Crippen LogP contribution in [0.25, 0.3) is 0 Å². The summed E-state index contributed by atoms with van der Waals surface area (Å²) in [7, 11) is 0. The van der Waals surface area contributed by atoms with Crippen LogP contribution < -0.4 is 5.73 Å². The first-order chi connectivity index (χ1) is 7.25. The Morgan fingerprint density at radius 2 is 2.53 bits per heavy atom. The van der Waals surface area contributed by atoms with Crippen LogP contribution in [0.1, 0.15) is 37.3 Å². The lowest BCUT2D eigenvalue weighted by Crippen LogP contribution is -2.18. The van der Waals surface area contributed by atoms with Crippen LogP contribution in [0.5, 0.6) is 0 Å². The lowest BCUT2D eigenvalue weighted by Gasteiger charge is -2.18. The second kappa shape index (κ2) is 4.77. The van der Waals surface area contributed by atoms with Gasteiger partial charge in [-0.1, -0.05) is 0 Å². The van der Waals surface area contributed by atoms with Gasteiger partial charge in [0.15, 0.2) is 5.89 Å². The van der Waals surface area contributed by atoms with E-state index in [1.807, 2.05) is 6.92 Å². The minimum absolute atomic E-state index is 0.130. The number of ether oxygens (including phenoxy) is 1. The van der Waals surface area contributed by atoms with Crippen molar-refractivity contribution in [1.82, 2.24) is 4.98 Å². The Labute approximate surface area is 89.8 Å². The molecule has 0 amide bonds. The Balaban J connectivity index is 1.99. The van der Waals surface area contributed by atoms with E-state index in [4.69, 9.17) is 14.9 Å². The van der Waals surface area contributed by atoms with Crippen LogP contribution in [0.2, 0.25) is 0 Å². The van der Waals surface area contributed by atoms with Gasteiger partial charge in [-0.3, -0.25) is 0 Å². The number of rotatable bonds is 3. The summed E-state index contributed by atoms with van der Waals surface area (Å²) in [6, 6.07) is 0.130. The highest BCUT2D eigenvalue weighted by atomic mass is 16.5. The lowest BCUT2D eigenvalue weighted by atomic mass is 10.0. The van der Waals surface area contributed by atoms with Gasteiger partial charge in [0, 0.05) is 19.1 Å². The fourth-order valence-electron chi connectivity index (χ4n) is 1.87. The quantitative estimate of drug-likeness (QED) is 0.820. The summed E-state index contributed by atoms with van der Waals surface area (Å²) in [5.74, 6) is 1.14. The normalized spacial score (nSPS) is 24.0. The molecule has 2 heterocycles. The van der Waals surface area contributed by atoms with Crippen molar-refractivity contribution in [1.29, 1.82) is 0 Å². The fraction of sp³-hybridized carbons (Fsp3) is 0.727. The molecule has 2 rings (SSSR count). The van der Waals surface area contributed by atoms with Crippen molar-refractivity contribution >= 4 is 0 Å². The molecule has 0 saturated carbocycles. The zero-order valence-electron chi connectivity index (χ0n) is 9.11. The number of hydrogen-bond donors (Lipinski definition) is 1. The second-order valence-corrected chi connectivity index (χ2v) is 4.27. The van der Waals surface area contributed by atoms with Crippen molar-refractivity contribution in [2.24, 2.45) is 5.73 Å². The van der Waals surface area contributed by atoms with Crippen LogP contribution in [-0.4, -0.2) is 24.2 Å². The zero-order chi connectivity index (χ0) is 10.7. The Kier molecular flexibility index (Phi) is 3.38.